The van der Waals surface area contributed by atoms with Crippen LogP contribution in [0.25, 0.3) is 0 Å². The number of hydrogen-bond donors (Lipinski definition) is 4. The van der Waals surface area contributed by atoms with Gasteiger partial charge >= 0.3 is 0 Å². The van der Waals surface area contributed by atoms with Gasteiger partial charge in [0.1, 0.15) is 0 Å². The molecule has 0 atom stereocenters. The van der Waals surface area contributed by atoms with Crippen LogP contribution in [0.5, 0.6) is 0 Å². The third-order valence-corrected chi connectivity index (χ3v) is 2.76. The first-order valence-electron chi connectivity index (χ1n) is 5.35. The molecule has 22 heavy (non-hydrogen) atoms. The Morgan fingerprint density at radius 2 is 1.23 bits per heavy atom. The van der Waals surface area contributed by atoms with Crippen molar-refractivity contribution >= 4 is 78.2 Å². The number of carbonyl (C=O) groups is 1. The Kier molecular flexibility index (Phi) is 11.8. The van der Waals surface area contributed by atoms with Crippen LogP contribution in [0.15, 0.2) is 36.4 Å². The van der Waals surface area contributed by atoms with Crippen molar-refractivity contribution < 1.29 is 4.79 Å². The SMILES string of the molecule is Cl.Cl.Cl.Cl.Nc1cc(C(=O)c2ccccc2)c(N)c(N)c1N. The minimum absolute atomic E-state index is 0. The van der Waals surface area contributed by atoms with Crippen molar-refractivity contribution in [3.05, 3.63) is 47.5 Å². The molecule has 0 radical (unpaired) electrons. The van der Waals surface area contributed by atoms with Gasteiger partial charge in [-0.2, -0.15) is 0 Å². The molecule has 2 rings (SSSR count). The number of benzene rings is 2. The minimum Gasteiger partial charge on any atom is -0.397 e. The van der Waals surface area contributed by atoms with Crippen LogP contribution in [-0.4, -0.2) is 5.78 Å². The van der Waals surface area contributed by atoms with Crippen molar-refractivity contribution in [2.24, 2.45) is 0 Å². The average molecular weight is 388 g/mol. The molecule has 0 amide bonds. The van der Waals surface area contributed by atoms with E-state index in [0.717, 1.165) is 0 Å². The van der Waals surface area contributed by atoms with Gasteiger partial charge in [0, 0.05) is 11.1 Å². The lowest BCUT2D eigenvalue weighted by molar-refractivity contribution is 0.103. The summed E-state index contributed by atoms with van der Waals surface area (Å²) in [6, 6.07) is 10.2. The standard InChI is InChI=1S/C13H14N4O.4ClH/c14-9-6-8(10(15)12(17)11(9)16)13(18)7-4-2-1-3-5-7;;;;/h1-6H,14-17H2;4*1H. The predicted molar refractivity (Wildman–Crippen MR) is 103 cm³/mol. The molecule has 0 heterocycles. The summed E-state index contributed by atoms with van der Waals surface area (Å²) >= 11 is 0. The highest BCUT2D eigenvalue weighted by Gasteiger charge is 2.17. The maximum atomic E-state index is 12.3. The summed E-state index contributed by atoms with van der Waals surface area (Å²) in [6.45, 7) is 0. The molecule has 9 heteroatoms. The molecule has 0 aromatic heterocycles. The van der Waals surface area contributed by atoms with E-state index in [2.05, 4.69) is 0 Å². The molecule has 5 nitrogen and oxygen atoms in total. The molecule has 8 N–H and O–H groups in total. The van der Waals surface area contributed by atoms with Gasteiger partial charge in [-0.1, -0.05) is 30.3 Å². The molecule has 0 fully saturated rings. The van der Waals surface area contributed by atoms with E-state index < -0.39 is 0 Å². The number of halogens is 4. The summed E-state index contributed by atoms with van der Waals surface area (Å²) in [7, 11) is 0. The van der Waals surface area contributed by atoms with Crippen LogP contribution < -0.4 is 22.9 Å². The molecule has 0 bridgehead atoms. The number of nitrogen functional groups attached to an aromatic ring is 4. The third kappa shape index (κ3) is 4.74. The molecule has 0 saturated heterocycles. The highest BCUT2D eigenvalue weighted by molar-refractivity contribution is 6.15. The monoisotopic (exact) mass is 386 g/mol. The maximum absolute atomic E-state index is 12.3. The summed E-state index contributed by atoms with van der Waals surface area (Å²) in [6.07, 6.45) is 0. The Morgan fingerprint density at radius 3 is 1.73 bits per heavy atom. The van der Waals surface area contributed by atoms with Crippen molar-refractivity contribution in [1.29, 1.82) is 0 Å². The van der Waals surface area contributed by atoms with Gasteiger partial charge in [0.2, 0.25) is 0 Å². The fourth-order valence-corrected chi connectivity index (χ4v) is 1.69. The van der Waals surface area contributed by atoms with Crippen molar-refractivity contribution in [3.63, 3.8) is 0 Å². The molecule has 2 aromatic rings. The van der Waals surface area contributed by atoms with Crippen LogP contribution in [0.2, 0.25) is 0 Å². The first-order chi connectivity index (χ1) is 8.52. The highest BCUT2D eigenvalue weighted by Crippen LogP contribution is 2.33. The van der Waals surface area contributed by atoms with Crippen molar-refractivity contribution in [1.82, 2.24) is 0 Å². The minimum atomic E-state index is -0.230. The van der Waals surface area contributed by atoms with Crippen molar-refractivity contribution in [2.75, 3.05) is 22.9 Å². The van der Waals surface area contributed by atoms with Gasteiger partial charge in [-0.15, -0.1) is 49.6 Å². The number of nitrogens with two attached hydrogens (primary N) is 4. The third-order valence-electron chi connectivity index (χ3n) is 2.76. The fraction of sp³-hybridized carbons (Fsp3) is 0. The molecule has 0 saturated carbocycles. The van der Waals surface area contributed by atoms with Gasteiger partial charge in [-0.25, -0.2) is 0 Å². The second-order valence-electron chi connectivity index (χ2n) is 3.95. The zero-order chi connectivity index (χ0) is 13.3. The van der Waals surface area contributed by atoms with E-state index in [4.69, 9.17) is 22.9 Å². The smallest absolute Gasteiger partial charge is 0.195 e. The van der Waals surface area contributed by atoms with Gasteiger partial charge in [-0.05, 0) is 6.07 Å². The summed E-state index contributed by atoms with van der Waals surface area (Å²) in [5.74, 6) is -0.230. The quantitative estimate of drug-likeness (QED) is 0.466. The van der Waals surface area contributed by atoms with Gasteiger partial charge in [0.15, 0.2) is 5.78 Å². The zero-order valence-electron chi connectivity index (χ0n) is 11.3. The lowest BCUT2D eigenvalue weighted by atomic mass is 9.99. The normalized spacial score (nSPS) is 8.36. The number of hydrogen-bond acceptors (Lipinski definition) is 5. The van der Waals surface area contributed by atoms with E-state index in [1.54, 1.807) is 24.3 Å². The molecule has 0 aliphatic carbocycles. The molecule has 0 aliphatic rings. The number of rotatable bonds is 2. The van der Waals surface area contributed by atoms with Gasteiger partial charge in [0.05, 0.1) is 22.7 Å². The van der Waals surface area contributed by atoms with Crippen LogP contribution in [0.1, 0.15) is 15.9 Å². The first-order valence-corrected chi connectivity index (χ1v) is 5.35. The lowest BCUT2D eigenvalue weighted by Gasteiger charge is -2.12. The number of carbonyl (C=O) groups excluding carboxylic acids is 1. The van der Waals surface area contributed by atoms with Crippen molar-refractivity contribution in [2.45, 2.75) is 0 Å². The molecule has 124 valence electrons. The van der Waals surface area contributed by atoms with Crippen molar-refractivity contribution in [3.8, 4) is 0 Å². The molecule has 0 unspecified atom stereocenters. The first kappa shape index (κ1) is 25.4. The summed E-state index contributed by atoms with van der Waals surface area (Å²) in [5.41, 5.74) is 24.4. The lowest BCUT2D eigenvalue weighted by Crippen LogP contribution is -2.11. The largest absolute Gasteiger partial charge is 0.397 e. The Morgan fingerprint density at radius 1 is 0.727 bits per heavy atom. The van der Waals surface area contributed by atoms with Crippen LogP contribution in [0.4, 0.5) is 22.7 Å². The topological polar surface area (TPSA) is 121 Å². The van der Waals surface area contributed by atoms with Gasteiger partial charge in [-0.3, -0.25) is 4.79 Å². The summed E-state index contributed by atoms with van der Waals surface area (Å²) < 4.78 is 0. The predicted octanol–water partition coefficient (Wildman–Crippen LogP) is 2.93. The molecular weight excluding hydrogens is 370 g/mol. The number of ketones is 1. The van der Waals surface area contributed by atoms with E-state index in [0.29, 0.717) is 5.56 Å². The van der Waals surface area contributed by atoms with Crippen LogP contribution in [-0.2, 0) is 0 Å². The fourth-order valence-electron chi connectivity index (χ4n) is 1.69. The van der Waals surface area contributed by atoms with E-state index >= 15 is 0 Å². The van der Waals surface area contributed by atoms with Gasteiger partial charge in [0.25, 0.3) is 0 Å². The zero-order valence-corrected chi connectivity index (χ0v) is 14.6. The van der Waals surface area contributed by atoms with Crippen LogP contribution in [0, 0.1) is 0 Å². The Hall–Kier alpha value is -1.53. The van der Waals surface area contributed by atoms with Crippen LogP contribution in [0.3, 0.4) is 0 Å². The highest BCUT2D eigenvalue weighted by atomic mass is 35.5. The van der Waals surface area contributed by atoms with E-state index in [1.807, 2.05) is 6.07 Å². The Bertz CT molecular complexity index is 623. The molecule has 2 aromatic carbocycles. The maximum Gasteiger partial charge on any atom is 0.195 e. The summed E-state index contributed by atoms with van der Waals surface area (Å²) in [5, 5.41) is 0. The van der Waals surface area contributed by atoms with E-state index in [-0.39, 0.29) is 83.7 Å². The summed E-state index contributed by atoms with van der Waals surface area (Å²) in [4.78, 5) is 12.3. The molecule has 0 aliphatic heterocycles. The van der Waals surface area contributed by atoms with E-state index in [1.165, 1.54) is 6.07 Å². The number of anilines is 4. The second kappa shape index (κ2) is 10.2. The Balaban J connectivity index is -0.000000902. The molecular formula is C13H18Cl4N4O. The van der Waals surface area contributed by atoms with E-state index in [9.17, 15) is 4.79 Å². The Labute approximate surface area is 153 Å². The average Bonchev–Trinajstić information content (AvgIpc) is 2.41. The van der Waals surface area contributed by atoms with Gasteiger partial charge < -0.3 is 22.9 Å². The van der Waals surface area contributed by atoms with Crippen LogP contribution >= 0.6 is 49.6 Å². The molecule has 0 spiro atoms. The second-order valence-corrected chi connectivity index (χ2v) is 3.95.